The van der Waals surface area contributed by atoms with E-state index in [-0.39, 0.29) is 29.2 Å². The summed E-state index contributed by atoms with van der Waals surface area (Å²) in [5.74, 6) is -0.0947. The summed E-state index contributed by atoms with van der Waals surface area (Å²) in [6, 6.07) is 4.32. The van der Waals surface area contributed by atoms with Crippen molar-refractivity contribution in [3.8, 4) is 5.75 Å². The summed E-state index contributed by atoms with van der Waals surface area (Å²) in [5.41, 5.74) is 1.03. The molecule has 1 aromatic carbocycles. The van der Waals surface area contributed by atoms with Gasteiger partial charge in [-0.25, -0.2) is 8.42 Å². The molecule has 6 heteroatoms. The monoisotopic (exact) mass is 283 g/mol. The number of benzene rings is 1. The number of phenolic OH excluding ortho intramolecular Hbond substituents is 1. The van der Waals surface area contributed by atoms with Gasteiger partial charge in [-0.15, -0.1) is 0 Å². The van der Waals surface area contributed by atoms with Crippen molar-refractivity contribution in [1.29, 1.82) is 0 Å². The Morgan fingerprint density at radius 3 is 2.79 bits per heavy atom. The smallest absolute Gasteiger partial charge is 0.251 e. The van der Waals surface area contributed by atoms with Crippen molar-refractivity contribution in [2.45, 2.75) is 25.8 Å². The number of carbonyl (C=O) groups is 1. The molecule has 104 valence electrons. The van der Waals surface area contributed by atoms with Gasteiger partial charge in [0.15, 0.2) is 9.84 Å². The summed E-state index contributed by atoms with van der Waals surface area (Å²) in [4.78, 5) is 12.0. The summed E-state index contributed by atoms with van der Waals surface area (Å²) >= 11 is 0. The molecule has 2 N–H and O–H groups in total. The predicted octanol–water partition coefficient (Wildman–Crippen LogP) is 1.01. The normalized spacial score (nSPS) is 21.8. The van der Waals surface area contributed by atoms with Crippen molar-refractivity contribution in [2.24, 2.45) is 0 Å². The molecule has 1 aromatic rings. The first-order valence-corrected chi connectivity index (χ1v) is 8.00. The third kappa shape index (κ3) is 3.47. The van der Waals surface area contributed by atoms with Gasteiger partial charge in [-0.05, 0) is 37.5 Å². The number of phenols is 1. The van der Waals surface area contributed by atoms with Gasteiger partial charge in [-0.3, -0.25) is 4.79 Å². The second-order valence-electron chi connectivity index (χ2n) is 4.93. The molecular weight excluding hydrogens is 266 g/mol. The van der Waals surface area contributed by atoms with Crippen LogP contribution in [0.5, 0.6) is 5.75 Å². The third-order valence-electron chi connectivity index (χ3n) is 3.27. The van der Waals surface area contributed by atoms with Crippen molar-refractivity contribution in [1.82, 2.24) is 5.32 Å². The van der Waals surface area contributed by atoms with E-state index in [2.05, 4.69) is 5.32 Å². The van der Waals surface area contributed by atoms with Gasteiger partial charge in [0.1, 0.15) is 5.75 Å². The number of nitrogens with one attached hydrogen (secondary N) is 1. The first kappa shape index (κ1) is 13.9. The molecule has 0 aromatic heterocycles. The quantitative estimate of drug-likeness (QED) is 0.848. The molecule has 1 unspecified atom stereocenters. The van der Waals surface area contributed by atoms with Gasteiger partial charge in [0, 0.05) is 11.6 Å². The lowest BCUT2D eigenvalue weighted by Crippen LogP contribution is -2.43. The Hall–Kier alpha value is -1.56. The molecule has 1 fully saturated rings. The van der Waals surface area contributed by atoms with Crippen LogP contribution in [-0.4, -0.2) is 37.0 Å². The molecule has 0 radical (unpaired) electrons. The van der Waals surface area contributed by atoms with Crippen LogP contribution in [0.15, 0.2) is 18.2 Å². The SMILES string of the molecule is Cc1ccc(C(=O)NC2CCCS(=O)(=O)C2)cc1O. The number of aryl methyl sites for hydroxylation is 1. The van der Waals surface area contributed by atoms with Crippen LogP contribution < -0.4 is 5.32 Å². The average molecular weight is 283 g/mol. The van der Waals surface area contributed by atoms with E-state index in [9.17, 15) is 18.3 Å². The van der Waals surface area contributed by atoms with E-state index in [0.29, 0.717) is 24.0 Å². The lowest BCUT2D eigenvalue weighted by atomic mass is 10.1. The number of aromatic hydroxyl groups is 1. The summed E-state index contributed by atoms with van der Waals surface area (Å²) < 4.78 is 23.0. The minimum Gasteiger partial charge on any atom is -0.508 e. The van der Waals surface area contributed by atoms with Crippen molar-refractivity contribution in [3.05, 3.63) is 29.3 Å². The first-order chi connectivity index (χ1) is 8.87. The molecule has 1 heterocycles. The van der Waals surface area contributed by atoms with E-state index in [1.807, 2.05) is 0 Å². The summed E-state index contributed by atoms with van der Waals surface area (Å²) in [5, 5.41) is 12.3. The Morgan fingerprint density at radius 1 is 1.42 bits per heavy atom. The minimum atomic E-state index is -3.04. The fourth-order valence-corrected chi connectivity index (χ4v) is 3.79. The lowest BCUT2D eigenvalue weighted by molar-refractivity contribution is 0.0938. The van der Waals surface area contributed by atoms with E-state index in [1.54, 1.807) is 19.1 Å². The van der Waals surface area contributed by atoms with Crippen LogP contribution >= 0.6 is 0 Å². The van der Waals surface area contributed by atoms with Crippen LogP contribution in [-0.2, 0) is 9.84 Å². The van der Waals surface area contributed by atoms with Crippen LogP contribution in [0.2, 0.25) is 0 Å². The molecule has 1 aliphatic heterocycles. The third-order valence-corrected chi connectivity index (χ3v) is 5.09. The standard InChI is InChI=1S/C13H17NO4S/c1-9-4-5-10(7-12(9)15)13(16)14-11-3-2-6-19(17,18)8-11/h4-5,7,11,15H,2-3,6,8H2,1H3,(H,14,16). The Balaban J connectivity index is 2.06. The van der Waals surface area contributed by atoms with Crippen LogP contribution in [0.1, 0.15) is 28.8 Å². The largest absolute Gasteiger partial charge is 0.508 e. The van der Waals surface area contributed by atoms with E-state index >= 15 is 0 Å². The molecule has 0 saturated carbocycles. The van der Waals surface area contributed by atoms with Gasteiger partial charge >= 0.3 is 0 Å². The molecule has 1 aliphatic rings. The molecule has 1 amide bonds. The Kier molecular flexibility index (Phi) is 3.80. The fourth-order valence-electron chi connectivity index (χ4n) is 2.16. The van der Waals surface area contributed by atoms with Gasteiger partial charge in [-0.1, -0.05) is 6.07 Å². The fraction of sp³-hybridized carbons (Fsp3) is 0.462. The minimum absolute atomic E-state index is 0.00339. The van der Waals surface area contributed by atoms with Crippen molar-refractivity contribution in [3.63, 3.8) is 0 Å². The molecule has 1 saturated heterocycles. The molecule has 2 rings (SSSR count). The Labute approximate surface area is 112 Å². The number of amides is 1. The topological polar surface area (TPSA) is 83.5 Å². The zero-order chi connectivity index (χ0) is 14.0. The summed E-state index contributed by atoms with van der Waals surface area (Å²) in [6.07, 6.45) is 1.25. The highest BCUT2D eigenvalue weighted by Gasteiger charge is 2.26. The van der Waals surface area contributed by atoms with Crippen LogP contribution in [0.25, 0.3) is 0 Å². The lowest BCUT2D eigenvalue weighted by Gasteiger charge is -2.23. The van der Waals surface area contributed by atoms with Crippen molar-refractivity contribution < 1.29 is 18.3 Å². The highest BCUT2D eigenvalue weighted by molar-refractivity contribution is 7.91. The van der Waals surface area contributed by atoms with Gasteiger partial charge in [0.25, 0.3) is 5.91 Å². The molecule has 0 aliphatic carbocycles. The van der Waals surface area contributed by atoms with Crippen LogP contribution in [0.3, 0.4) is 0 Å². The van der Waals surface area contributed by atoms with E-state index in [1.165, 1.54) is 6.07 Å². The predicted molar refractivity (Wildman–Crippen MR) is 72.0 cm³/mol. The van der Waals surface area contributed by atoms with Crippen molar-refractivity contribution in [2.75, 3.05) is 11.5 Å². The summed E-state index contributed by atoms with van der Waals surface area (Å²) in [6.45, 7) is 1.74. The number of sulfone groups is 1. The number of hydrogen-bond acceptors (Lipinski definition) is 4. The van der Waals surface area contributed by atoms with Crippen LogP contribution in [0, 0.1) is 6.92 Å². The molecular formula is C13H17NO4S. The average Bonchev–Trinajstić information content (AvgIpc) is 2.31. The second-order valence-corrected chi connectivity index (χ2v) is 7.16. The first-order valence-electron chi connectivity index (χ1n) is 6.18. The highest BCUT2D eigenvalue weighted by atomic mass is 32.2. The maximum Gasteiger partial charge on any atom is 0.251 e. The molecule has 1 atom stereocenters. The Bertz CT molecular complexity index is 595. The molecule has 19 heavy (non-hydrogen) atoms. The number of carbonyl (C=O) groups excluding carboxylic acids is 1. The van der Waals surface area contributed by atoms with Gasteiger partial charge in [0.05, 0.1) is 11.5 Å². The zero-order valence-corrected chi connectivity index (χ0v) is 11.5. The van der Waals surface area contributed by atoms with E-state index in [4.69, 9.17) is 0 Å². The number of rotatable bonds is 2. The van der Waals surface area contributed by atoms with Gasteiger partial charge in [-0.2, -0.15) is 0 Å². The van der Waals surface area contributed by atoms with Crippen LogP contribution in [0.4, 0.5) is 0 Å². The van der Waals surface area contributed by atoms with Gasteiger partial charge in [0.2, 0.25) is 0 Å². The number of hydrogen-bond donors (Lipinski definition) is 2. The second kappa shape index (κ2) is 5.21. The van der Waals surface area contributed by atoms with E-state index in [0.717, 1.165) is 0 Å². The van der Waals surface area contributed by atoms with Crippen molar-refractivity contribution >= 4 is 15.7 Å². The van der Waals surface area contributed by atoms with E-state index < -0.39 is 9.84 Å². The Morgan fingerprint density at radius 2 is 2.16 bits per heavy atom. The maximum absolute atomic E-state index is 12.0. The summed E-state index contributed by atoms with van der Waals surface area (Å²) in [7, 11) is -3.04. The molecule has 0 bridgehead atoms. The zero-order valence-electron chi connectivity index (χ0n) is 10.7. The maximum atomic E-state index is 12.0. The molecule has 5 nitrogen and oxygen atoms in total. The van der Waals surface area contributed by atoms with Gasteiger partial charge < -0.3 is 10.4 Å². The molecule has 0 spiro atoms. The highest BCUT2D eigenvalue weighted by Crippen LogP contribution is 2.18.